The van der Waals surface area contributed by atoms with E-state index < -0.39 is 0 Å². The fraction of sp³-hybridized carbons (Fsp3) is 0.385. The standard InChI is InChI=1S/C13H18N2/c1-4-11-5-7-12(8-6-11)15-10-9-14-13(15,2)3/h4-8,14H,1,9-10H2,2-3H3. The monoisotopic (exact) mass is 202 g/mol. The van der Waals surface area contributed by atoms with E-state index in [1.807, 2.05) is 6.08 Å². The Morgan fingerprint density at radius 1 is 1.33 bits per heavy atom. The molecule has 1 aromatic rings. The molecule has 0 atom stereocenters. The number of rotatable bonds is 2. The Morgan fingerprint density at radius 2 is 2.00 bits per heavy atom. The summed E-state index contributed by atoms with van der Waals surface area (Å²) in [5.41, 5.74) is 2.51. The minimum atomic E-state index is 0.0652. The molecule has 1 aliphatic heterocycles. The van der Waals surface area contributed by atoms with E-state index in [1.165, 1.54) is 11.3 Å². The van der Waals surface area contributed by atoms with Gasteiger partial charge in [-0.05, 0) is 31.5 Å². The molecule has 2 nitrogen and oxygen atoms in total. The third kappa shape index (κ3) is 1.90. The highest BCUT2D eigenvalue weighted by Gasteiger charge is 2.31. The molecule has 1 N–H and O–H groups in total. The van der Waals surface area contributed by atoms with Crippen molar-refractivity contribution in [3.05, 3.63) is 36.4 Å². The quantitative estimate of drug-likeness (QED) is 0.792. The fourth-order valence-electron chi connectivity index (χ4n) is 2.09. The van der Waals surface area contributed by atoms with Crippen molar-refractivity contribution in [3.8, 4) is 0 Å². The normalized spacial score (nSPS) is 19.2. The highest BCUT2D eigenvalue weighted by Crippen LogP contribution is 2.25. The number of nitrogens with zero attached hydrogens (tertiary/aromatic N) is 1. The molecule has 0 amide bonds. The van der Waals surface area contributed by atoms with E-state index in [1.54, 1.807) is 0 Å². The van der Waals surface area contributed by atoms with Crippen LogP contribution in [0.4, 0.5) is 5.69 Å². The molecule has 0 radical (unpaired) electrons. The first-order valence-corrected chi connectivity index (χ1v) is 5.39. The number of hydrogen-bond donors (Lipinski definition) is 1. The van der Waals surface area contributed by atoms with Crippen molar-refractivity contribution in [1.82, 2.24) is 5.32 Å². The number of nitrogens with one attached hydrogen (secondary N) is 1. The van der Waals surface area contributed by atoms with Gasteiger partial charge in [0.15, 0.2) is 0 Å². The minimum absolute atomic E-state index is 0.0652. The van der Waals surface area contributed by atoms with Crippen LogP contribution in [0.1, 0.15) is 19.4 Å². The summed E-state index contributed by atoms with van der Waals surface area (Å²) >= 11 is 0. The van der Waals surface area contributed by atoms with Crippen LogP contribution < -0.4 is 10.2 Å². The van der Waals surface area contributed by atoms with Crippen LogP contribution in [0, 0.1) is 0 Å². The lowest BCUT2D eigenvalue weighted by atomic mass is 10.1. The average Bonchev–Trinajstić information content (AvgIpc) is 2.58. The van der Waals surface area contributed by atoms with Crippen LogP contribution in [-0.2, 0) is 0 Å². The summed E-state index contributed by atoms with van der Waals surface area (Å²) in [6.45, 7) is 10.3. The smallest absolute Gasteiger partial charge is 0.0852 e. The summed E-state index contributed by atoms with van der Waals surface area (Å²) in [4.78, 5) is 2.39. The molecule has 0 bridgehead atoms. The molecule has 2 heteroatoms. The van der Waals surface area contributed by atoms with Gasteiger partial charge in [-0.15, -0.1) is 0 Å². The Bertz CT molecular complexity index is 351. The Labute approximate surface area is 91.6 Å². The molecule has 0 spiro atoms. The van der Waals surface area contributed by atoms with Gasteiger partial charge in [0.2, 0.25) is 0 Å². The molecule has 1 heterocycles. The Morgan fingerprint density at radius 3 is 2.47 bits per heavy atom. The molecule has 1 aromatic carbocycles. The van der Waals surface area contributed by atoms with Crippen LogP contribution in [0.25, 0.3) is 6.08 Å². The summed E-state index contributed by atoms with van der Waals surface area (Å²) < 4.78 is 0. The van der Waals surface area contributed by atoms with E-state index in [4.69, 9.17) is 0 Å². The van der Waals surface area contributed by atoms with Crippen molar-refractivity contribution in [2.24, 2.45) is 0 Å². The van der Waals surface area contributed by atoms with Crippen LogP contribution in [0.15, 0.2) is 30.8 Å². The Hall–Kier alpha value is -1.28. The first-order chi connectivity index (χ1) is 7.13. The van der Waals surface area contributed by atoms with Crippen LogP contribution in [0.2, 0.25) is 0 Å². The number of benzene rings is 1. The molecule has 15 heavy (non-hydrogen) atoms. The second-order valence-electron chi connectivity index (χ2n) is 4.43. The summed E-state index contributed by atoms with van der Waals surface area (Å²) in [7, 11) is 0. The predicted octanol–water partition coefficient (Wildman–Crippen LogP) is 2.48. The SMILES string of the molecule is C=Cc1ccc(N2CCNC2(C)C)cc1. The van der Waals surface area contributed by atoms with Crippen molar-refractivity contribution in [1.29, 1.82) is 0 Å². The maximum Gasteiger partial charge on any atom is 0.0852 e. The van der Waals surface area contributed by atoms with Gasteiger partial charge >= 0.3 is 0 Å². The summed E-state index contributed by atoms with van der Waals surface area (Å²) in [5, 5.41) is 3.48. The van der Waals surface area contributed by atoms with E-state index in [-0.39, 0.29) is 5.66 Å². The second kappa shape index (κ2) is 3.70. The lowest BCUT2D eigenvalue weighted by Crippen LogP contribution is -2.46. The maximum atomic E-state index is 3.76. The summed E-state index contributed by atoms with van der Waals surface area (Å²) in [6, 6.07) is 8.53. The highest BCUT2D eigenvalue weighted by atomic mass is 15.4. The van der Waals surface area contributed by atoms with Gasteiger partial charge in [0.25, 0.3) is 0 Å². The number of hydrogen-bond acceptors (Lipinski definition) is 2. The summed E-state index contributed by atoms with van der Waals surface area (Å²) in [6.07, 6.45) is 1.87. The van der Waals surface area contributed by atoms with Crippen molar-refractivity contribution in [2.45, 2.75) is 19.5 Å². The lowest BCUT2D eigenvalue weighted by Gasteiger charge is -2.33. The van der Waals surface area contributed by atoms with E-state index in [0.717, 1.165) is 13.1 Å². The highest BCUT2D eigenvalue weighted by molar-refractivity contribution is 5.56. The zero-order valence-electron chi connectivity index (χ0n) is 9.46. The molecule has 2 rings (SSSR count). The molecule has 1 saturated heterocycles. The van der Waals surface area contributed by atoms with Crippen molar-refractivity contribution >= 4 is 11.8 Å². The maximum absolute atomic E-state index is 3.76. The van der Waals surface area contributed by atoms with Crippen LogP contribution >= 0.6 is 0 Å². The molecule has 0 aromatic heterocycles. The summed E-state index contributed by atoms with van der Waals surface area (Å²) in [5.74, 6) is 0. The molecule has 0 aliphatic carbocycles. The molecular formula is C13H18N2. The van der Waals surface area contributed by atoms with E-state index in [0.29, 0.717) is 0 Å². The van der Waals surface area contributed by atoms with Crippen molar-refractivity contribution in [3.63, 3.8) is 0 Å². The molecule has 1 fully saturated rings. The van der Waals surface area contributed by atoms with E-state index >= 15 is 0 Å². The van der Waals surface area contributed by atoms with Crippen LogP contribution in [0.5, 0.6) is 0 Å². The Kier molecular flexibility index (Phi) is 2.53. The van der Waals surface area contributed by atoms with Crippen LogP contribution in [0.3, 0.4) is 0 Å². The molecular weight excluding hydrogens is 184 g/mol. The largest absolute Gasteiger partial charge is 0.353 e. The molecule has 0 saturated carbocycles. The third-order valence-corrected chi connectivity index (χ3v) is 3.01. The van der Waals surface area contributed by atoms with Gasteiger partial charge in [0.05, 0.1) is 5.66 Å². The van der Waals surface area contributed by atoms with Crippen molar-refractivity contribution in [2.75, 3.05) is 18.0 Å². The van der Waals surface area contributed by atoms with Crippen LogP contribution in [-0.4, -0.2) is 18.8 Å². The first-order valence-electron chi connectivity index (χ1n) is 5.39. The molecule has 80 valence electrons. The zero-order chi connectivity index (χ0) is 10.9. The van der Waals surface area contributed by atoms with E-state index in [2.05, 4.69) is 54.9 Å². The zero-order valence-corrected chi connectivity index (χ0v) is 9.46. The second-order valence-corrected chi connectivity index (χ2v) is 4.43. The van der Waals surface area contributed by atoms with Gasteiger partial charge < -0.3 is 4.90 Å². The number of anilines is 1. The molecule has 0 unspecified atom stereocenters. The lowest BCUT2D eigenvalue weighted by molar-refractivity contribution is 0.461. The van der Waals surface area contributed by atoms with E-state index in [9.17, 15) is 0 Å². The first kappa shape index (κ1) is 10.2. The van der Waals surface area contributed by atoms with Gasteiger partial charge in [-0.3, -0.25) is 5.32 Å². The van der Waals surface area contributed by atoms with Gasteiger partial charge in [-0.25, -0.2) is 0 Å². The van der Waals surface area contributed by atoms with Crippen molar-refractivity contribution < 1.29 is 0 Å². The topological polar surface area (TPSA) is 15.3 Å². The third-order valence-electron chi connectivity index (χ3n) is 3.01. The van der Waals surface area contributed by atoms with Gasteiger partial charge in [-0.2, -0.15) is 0 Å². The average molecular weight is 202 g/mol. The Balaban J connectivity index is 2.26. The molecule has 1 aliphatic rings. The predicted molar refractivity (Wildman–Crippen MR) is 66.0 cm³/mol. The minimum Gasteiger partial charge on any atom is -0.353 e. The van der Waals surface area contributed by atoms with Gasteiger partial charge in [0.1, 0.15) is 0 Å². The van der Waals surface area contributed by atoms with Gasteiger partial charge in [0, 0.05) is 18.8 Å². The van der Waals surface area contributed by atoms with Gasteiger partial charge in [-0.1, -0.05) is 24.8 Å². The fourth-order valence-corrected chi connectivity index (χ4v) is 2.09.